The number of hydrogen-bond donors (Lipinski definition) is 2. The highest BCUT2D eigenvalue weighted by atomic mass is 79.9. The summed E-state index contributed by atoms with van der Waals surface area (Å²) >= 11 is 7.99. The molecule has 0 aliphatic carbocycles. The average Bonchev–Trinajstić information content (AvgIpc) is 2.42. The maximum Gasteiger partial charge on any atom is 0.263 e. The number of benzene rings is 1. The Morgan fingerprint density at radius 3 is 2.30 bits per heavy atom. The molecular weight excluding hydrogens is 344 g/mol. The van der Waals surface area contributed by atoms with Crippen LogP contribution in [0.5, 0.6) is 5.75 Å². The van der Waals surface area contributed by atoms with E-state index in [1.165, 1.54) is 6.08 Å². The summed E-state index contributed by atoms with van der Waals surface area (Å²) in [6.07, 6.45) is 1.50. The molecule has 0 spiro atoms. The van der Waals surface area contributed by atoms with Gasteiger partial charge in [0.25, 0.3) is 11.8 Å². The second kappa shape index (κ2) is 6.62. The van der Waals surface area contributed by atoms with E-state index in [1.807, 2.05) is 0 Å². The van der Waals surface area contributed by atoms with Crippen LogP contribution >= 0.6 is 28.1 Å². The van der Waals surface area contributed by atoms with Crippen LogP contribution in [0, 0.1) is 0 Å². The minimum absolute atomic E-state index is 0.0210. The third kappa shape index (κ3) is 3.64. The lowest BCUT2D eigenvalue weighted by atomic mass is 10.1. The molecule has 2 rings (SSSR count). The largest absolute Gasteiger partial charge is 0.493 e. The Hall–Kier alpha value is -1.73. The smallest absolute Gasteiger partial charge is 0.263 e. The lowest BCUT2D eigenvalue weighted by Crippen LogP contribution is -2.51. The third-order valence-corrected chi connectivity index (χ3v) is 3.01. The molecular formula is C13H11BrN2O3S. The molecule has 0 radical (unpaired) electrons. The van der Waals surface area contributed by atoms with Crippen molar-refractivity contribution in [1.29, 1.82) is 0 Å². The molecule has 1 aliphatic heterocycles. The first kappa shape index (κ1) is 14.7. The van der Waals surface area contributed by atoms with Crippen molar-refractivity contribution >= 4 is 51.2 Å². The number of thiocarbonyl (C=S) groups is 1. The van der Waals surface area contributed by atoms with Gasteiger partial charge in [-0.25, -0.2) is 0 Å². The Bertz CT molecular complexity index is 562. The van der Waals surface area contributed by atoms with Crippen LogP contribution in [0.4, 0.5) is 0 Å². The molecule has 7 heteroatoms. The number of rotatable bonds is 4. The molecule has 1 saturated heterocycles. The van der Waals surface area contributed by atoms with Crippen molar-refractivity contribution in [3.05, 3.63) is 35.4 Å². The van der Waals surface area contributed by atoms with Crippen molar-refractivity contribution < 1.29 is 14.3 Å². The molecule has 2 amide bonds. The summed E-state index contributed by atoms with van der Waals surface area (Å²) in [5.41, 5.74) is 0.747. The van der Waals surface area contributed by atoms with E-state index >= 15 is 0 Å². The first-order valence-electron chi connectivity index (χ1n) is 5.77. The second-order valence-electron chi connectivity index (χ2n) is 3.90. The normalized spacial score (nSPS) is 14.7. The van der Waals surface area contributed by atoms with Crippen molar-refractivity contribution in [2.24, 2.45) is 0 Å². The number of ether oxygens (including phenoxy) is 1. The first-order valence-corrected chi connectivity index (χ1v) is 7.30. The fourth-order valence-electron chi connectivity index (χ4n) is 1.59. The zero-order valence-electron chi connectivity index (χ0n) is 10.3. The van der Waals surface area contributed by atoms with Gasteiger partial charge in [-0.05, 0) is 36.0 Å². The topological polar surface area (TPSA) is 67.4 Å². The second-order valence-corrected chi connectivity index (χ2v) is 5.10. The van der Waals surface area contributed by atoms with Crippen molar-refractivity contribution in [2.75, 3.05) is 11.9 Å². The summed E-state index contributed by atoms with van der Waals surface area (Å²) in [6.45, 7) is 0.572. The van der Waals surface area contributed by atoms with Gasteiger partial charge < -0.3 is 4.74 Å². The molecule has 0 atom stereocenters. The van der Waals surface area contributed by atoms with Crippen LogP contribution in [0.3, 0.4) is 0 Å². The van der Waals surface area contributed by atoms with Gasteiger partial charge in [0, 0.05) is 5.33 Å². The van der Waals surface area contributed by atoms with Gasteiger partial charge in [-0.1, -0.05) is 28.1 Å². The number of carbonyl (C=O) groups is 2. The van der Waals surface area contributed by atoms with Gasteiger partial charge in [0.05, 0.1) is 6.61 Å². The Kier molecular flexibility index (Phi) is 4.86. The predicted molar refractivity (Wildman–Crippen MR) is 82.6 cm³/mol. The highest BCUT2D eigenvalue weighted by Crippen LogP contribution is 2.15. The van der Waals surface area contributed by atoms with Crippen molar-refractivity contribution in [3.8, 4) is 5.75 Å². The molecule has 1 aliphatic rings. The van der Waals surface area contributed by atoms with Gasteiger partial charge in [0.2, 0.25) is 0 Å². The Morgan fingerprint density at radius 1 is 1.15 bits per heavy atom. The summed E-state index contributed by atoms with van der Waals surface area (Å²) in [5, 5.41) is 5.54. The predicted octanol–water partition coefficient (Wildman–Crippen LogP) is 1.37. The fraction of sp³-hybridized carbons (Fsp3) is 0.154. The standard InChI is InChI=1S/C13H11BrN2O3S/c14-5-6-19-9-3-1-8(2-4-9)7-10-11(17)15-13(20)16-12(10)18/h1-4,7H,5-6H2,(H2,15,16,17,18,20). The highest BCUT2D eigenvalue weighted by molar-refractivity contribution is 9.09. The molecule has 0 bridgehead atoms. The number of carbonyl (C=O) groups excluding carboxylic acids is 2. The minimum atomic E-state index is -0.502. The zero-order chi connectivity index (χ0) is 14.5. The molecule has 20 heavy (non-hydrogen) atoms. The van der Waals surface area contributed by atoms with Crippen LogP contribution in [0.15, 0.2) is 29.8 Å². The third-order valence-electron chi connectivity index (χ3n) is 2.48. The van der Waals surface area contributed by atoms with Crippen molar-refractivity contribution in [3.63, 3.8) is 0 Å². The van der Waals surface area contributed by atoms with Gasteiger partial charge >= 0.3 is 0 Å². The van der Waals surface area contributed by atoms with Crippen LogP contribution in [0.25, 0.3) is 6.08 Å². The van der Waals surface area contributed by atoms with Crippen LogP contribution in [0.1, 0.15) is 5.56 Å². The quantitative estimate of drug-likeness (QED) is 0.371. The Balaban J connectivity index is 2.15. The molecule has 1 heterocycles. The molecule has 0 unspecified atom stereocenters. The number of alkyl halides is 1. The van der Waals surface area contributed by atoms with E-state index in [1.54, 1.807) is 24.3 Å². The highest BCUT2D eigenvalue weighted by Gasteiger charge is 2.25. The number of hydrogen-bond acceptors (Lipinski definition) is 4. The van der Waals surface area contributed by atoms with Gasteiger partial charge in [-0.3, -0.25) is 20.2 Å². The van der Waals surface area contributed by atoms with E-state index in [4.69, 9.17) is 17.0 Å². The van der Waals surface area contributed by atoms with Crippen LogP contribution in [-0.4, -0.2) is 28.9 Å². The van der Waals surface area contributed by atoms with E-state index in [9.17, 15) is 9.59 Å². The maximum atomic E-state index is 11.7. The number of nitrogens with one attached hydrogen (secondary N) is 2. The van der Waals surface area contributed by atoms with Crippen molar-refractivity contribution in [1.82, 2.24) is 10.6 Å². The summed E-state index contributed by atoms with van der Waals surface area (Å²) < 4.78 is 5.41. The van der Waals surface area contributed by atoms with E-state index in [0.717, 1.165) is 16.6 Å². The molecule has 0 saturated carbocycles. The van der Waals surface area contributed by atoms with E-state index in [0.29, 0.717) is 6.61 Å². The summed E-state index contributed by atoms with van der Waals surface area (Å²) in [4.78, 5) is 23.3. The molecule has 0 aromatic heterocycles. The maximum absolute atomic E-state index is 11.7. The molecule has 1 fully saturated rings. The van der Waals surface area contributed by atoms with Crippen LogP contribution in [-0.2, 0) is 9.59 Å². The summed E-state index contributed by atoms with van der Waals surface area (Å²) in [6, 6.07) is 7.09. The fourth-order valence-corrected chi connectivity index (χ4v) is 1.94. The van der Waals surface area contributed by atoms with Gasteiger partial charge in [0.15, 0.2) is 5.11 Å². The SMILES string of the molecule is O=C1NC(=S)NC(=O)C1=Cc1ccc(OCCBr)cc1. The molecule has 1 aromatic rings. The first-order chi connectivity index (χ1) is 9.60. The summed E-state index contributed by atoms with van der Waals surface area (Å²) in [5.74, 6) is -0.276. The Morgan fingerprint density at radius 2 is 1.75 bits per heavy atom. The molecule has 2 N–H and O–H groups in total. The van der Waals surface area contributed by atoms with Gasteiger partial charge in [0.1, 0.15) is 11.3 Å². The Labute approximate surface area is 129 Å². The van der Waals surface area contributed by atoms with E-state index in [-0.39, 0.29) is 10.7 Å². The van der Waals surface area contributed by atoms with E-state index in [2.05, 4.69) is 26.6 Å². The van der Waals surface area contributed by atoms with Crippen LogP contribution in [0.2, 0.25) is 0 Å². The van der Waals surface area contributed by atoms with Gasteiger partial charge in [-0.15, -0.1) is 0 Å². The van der Waals surface area contributed by atoms with E-state index < -0.39 is 11.8 Å². The van der Waals surface area contributed by atoms with Gasteiger partial charge in [-0.2, -0.15) is 0 Å². The number of halogens is 1. The van der Waals surface area contributed by atoms with Crippen molar-refractivity contribution in [2.45, 2.75) is 0 Å². The molecule has 1 aromatic carbocycles. The average molecular weight is 355 g/mol. The summed E-state index contributed by atoms with van der Waals surface area (Å²) in [7, 11) is 0. The monoisotopic (exact) mass is 354 g/mol. The lowest BCUT2D eigenvalue weighted by Gasteiger charge is -2.16. The number of amides is 2. The molecule has 5 nitrogen and oxygen atoms in total. The van der Waals surface area contributed by atoms with Crippen LogP contribution < -0.4 is 15.4 Å². The minimum Gasteiger partial charge on any atom is -0.493 e. The molecule has 104 valence electrons. The lowest BCUT2D eigenvalue weighted by molar-refractivity contribution is -0.123. The zero-order valence-corrected chi connectivity index (χ0v) is 12.7.